The number of allylic oxidation sites excluding steroid dienone is 22. The summed E-state index contributed by atoms with van der Waals surface area (Å²) in [5.41, 5.74) is 0. The highest BCUT2D eigenvalue weighted by Gasteiger charge is 2.22. The summed E-state index contributed by atoms with van der Waals surface area (Å²) in [4.78, 5) is 37.8. The lowest BCUT2D eigenvalue weighted by Gasteiger charge is -2.28. The van der Waals surface area contributed by atoms with Gasteiger partial charge < -0.3 is 27.9 Å². The Morgan fingerprint density at radius 1 is 0.416 bits per heavy atom. The maximum absolute atomic E-state index is 12.8. The van der Waals surface area contributed by atoms with E-state index >= 15 is 0 Å². The molecule has 0 rings (SSSR count). The minimum Gasteiger partial charge on any atom is -0.756 e. The van der Waals surface area contributed by atoms with Crippen LogP contribution in [-0.2, 0) is 32.7 Å². The van der Waals surface area contributed by atoms with Gasteiger partial charge in [0.2, 0.25) is 0 Å². The standard InChI is InChI=1S/C67H112NO8P/c1-6-8-10-12-14-16-18-20-21-22-23-24-25-26-27-28-29-30-31-32-33-34-35-36-37-38-39-40-41-42-43-44-45-46-47-48-50-52-54-56-58-60-67(70)76-65(64-75-77(71,72)74-62-61-68(3,4)5)63-73-66(69)59-57-55-53-51-49-19-17-15-13-11-9-7-2/h8,10,14,16,20-21,23-24,26-27,29-30,32-33,35-36,38-39,41-42,44-45,65H,6-7,9,11-13,15,17-19,22,25,28,31,34,37,40,43,46-64H2,1-5H3/b10-8-,16-14-,21-20-,24-23-,27-26-,30-29-,33-32-,36-35-,39-38-,42-41-,45-44-. The summed E-state index contributed by atoms with van der Waals surface area (Å²) in [5, 5.41) is 0. The van der Waals surface area contributed by atoms with E-state index in [1.165, 1.54) is 70.6 Å². The highest BCUT2D eigenvalue weighted by Crippen LogP contribution is 2.38. The SMILES string of the molecule is CC/C=C\C/C=C\C/C=C\C/C=C\C/C=C\C/C=C\C/C=C\C/C=C\C/C=C\C/C=C\C/C=C\CCCCCCCCCC(=O)OC(COC(=O)CCCCCCCCCCCCCC)COP(=O)([O-])OCC[N+](C)(C)C. The summed E-state index contributed by atoms with van der Waals surface area (Å²) >= 11 is 0. The molecule has 0 saturated carbocycles. The van der Waals surface area contributed by atoms with Gasteiger partial charge in [-0.05, 0) is 96.3 Å². The zero-order valence-corrected chi connectivity index (χ0v) is 50.5. The van der Waals surface area contributed by atoms with Crippen LogP contribution in [0, 0.1) is 0 Å². The highest BCUT2D eigenvalue weighted by atomic mass is 31.2. The lowest BCUT2D eigenvalue weighted by molar-refractivity contribution is -0.870. The van der Waals surface area contributed by atoms with Crippen LogP contribution in [0.1, 0.15) is 226 Å². The van der Waals surface area contributed by atoms with E-state index in [-0.39, 0.29) is 26.1 Å². The number of carbonyl (C=O) groups excluding carboxylic acids is 2. The smallest absolute Gasteiger partial charge is 0.306 e. The van der Waals surface area contributed by atoms with Crippen molar-refractivity contribution in [2.75, 3.05) is 47.5 Å². The van der Waals surface area contributed by atoms with Crippen molar-refractivity contribution in [3.05, 3.63) is 134 Å². The Bertz CT molecular complexity index is 1760. The Balaban J connectivity index is 4.10. The zero-order valence-electron chi connectivity index (χ0n) is 49.6. The van der Waals surface area contributed by atoms with E-state index in [4.69, 9.17) is 18.5 Å². The molecule has 0 saturated heterocycles. The number of esters is 2. The average Bonchev–Trinajstić information content (AvgIpc) is 3.39. The van der Waals surface area contributed by atoms with Crippen LogP contribution in [0.15, 0.2) is 134 Å². The van der Waals surface area contributed by atoms with Crippen LogP contribution in [0.5, 0.6) is 0 Å². The van der Waals surface area contributed by atoms with Gasteiger partial charge in [-0.15, -0.1) is 0 Å². The van der Waals surface area contributed by atoms with Crippen LogP contribution >= 0.6 is 7.82 Å². The van der Waals surface area contributed by atoms with Crippen molar-refractivity contribution in [1.82, 2.24) is 0 Å². The van der Waals surface area contributed by atoms with Crippen LogP contribution in [0.3, 0.4) is 0 Å². The molecule has 9 nitrogen and oxygen atoms in total. The van der Waals surface area contributed by atoms with E-state index in [1.54, 1.807) is 0 Å². The van der Waals surface area contributed by atoms with Crippen LogP contribution < -0.4 is 4.89 Å². The van der Waals surface area contributed by atoms with Gasteiger partial charge in [0.1, 0.15) is 19.8 Å². The Kier molecular flexibility index (Phi) is 54.0. The number of unbranched alkanes of at least 4 members (excludes halogenated alkanes) is 18. The number of carbonyl (C=O) groups is 2. The fourth-order valence-corrected chi connectivity index (χ4v) is 8.51. The largest absolute Gasteiger partial charge is 0.756 e. The molecule has 0 aromatic carbocycles. The van der Waals surface area contributed by atoms with Crippen molar-refractivity contribution in [2.24, 2.45) is 0 Å². The lowest BCUT2D eigenvalue weighted by atomic mass is 10.0. The molecule has 0 aliphatic heterocycles. The number of phosphoric acid groups is 1. The number of rotatable bonds is 54. The molecule has 0 N–H and O–H groups in total. The first kappa shape index (κ1) is 73.2. The minimum atomic E-state index is -4.64. The third-order valence-corrected chi connectivity index (χ3v) is 13.4. The second-order valence-electron chi connectivity index (χ2n) is 21.0. The number of quaternary nitrogens is 1. The molecule has 2 unspecified atom stereocenters. The molecule has 0 bridgehead atoms. The average molecular weight is 1090 g/mol. The molecule has 438 valence electrons. The van der Waals surface area contributed by atoms with Crippen molar-refractivity contribution in [1.29, 1.82) is 0 Å². The van der Waals surface area contributed by atoms with Crippen molar-refractivity contribution >= 4 is 19.8 Å². The Labute approximate surface area is 472 Å². The predicted molar refractivity (Wildman–Crippen MR) is 327 cm³/mol. The van der Waals surface area contributed by atoms with Gasteiger partial charge >= 0.3 is 11.9 Å². The van der Waals surface area contributed by atoms with Gasteiger partial charge in [0, 0.05) is 12.8 Å². The molecule has 0 aromatic heterocycles. The molecule has 0 fully saturated rings. The van der Waals surface area contributed by atoms with E-state index < -0.39 is 32.5 Å². The third-order valence-electron chi connectivity index (χ3n) is 12.4. The Hall–Kier alpha value is -3.85. The highest BCUT2D eigenvalue weighted by molar-refractivity contribution is 7.45. The zero-order chi connectivity index (χ0) is 56.3. The van der Waals surface area contributed by atoms with Gasteiger partial charge in [-0.25, -0.2) is 0 Å². The third kappa shape index (κ3) is 61.2. The maximum Gasteiger partial charge on any atom is 0.306 e. The van der Waals surface area contributed by atoms with Gasteiger partial charge in [0.25, 0.3) is 7.82 Å². The molecule has 0 heterocycles. The summed E-state index contributed by atoms with van der Waals surface area (Å²) in [6, 6.07) is 0. The molecular weight excluding hydrogens is 978 g/mol. The molecule has 0 aromatic rings. The first-order valence-electron chi connectivity index (χ1n) is 30.4. The molecule has 2 atom stereocenters. The van der Waals surface area contributed by atoms with Gasteiger partial charge in [-0.3, -0.25) is 14.2 Å². The summed E-state index contributed by atoms with van der Waals surface area (Å²) in [7, 11) is 1.15. The van der Waals surface area contributed by atoms with E-state index in [1.807, 2.05) is 21.1 Å². The van der Waals surface area contributed by atoms with E-state index in [2.05, 4.69) is 148 Å². The molecule has 0 radical (unpaired) electrons. The quantitative estimate of drug-likeness (QED) is 0.0195. The first-order chi connectivity index (χ1) is 37.5. The van der Waals surface area contributed by atoms with E-state index in [0.29, 0.717) is 17.4 Å². The molecule has 77 heavy (non-hydrogen) atoms. The second kappa shape index (κ2) is 56.9. The molecular formula is C67H112NO8P. The Morgan fingerprint density at radius 3 is 1.10 bits per heavy atom. The van der Waals surface area contributed by atoms with Crippen molar-refractivity contribution in [3.8, 4) is 0 Å². The molecule has 0 amide bonds. The number of nitrogens with zero attached hydrogens (tertiary/aromatic N) is 1. The van der Waals surface area contributed by atoms with E-state index in [0.717, 1.165) is 122 Å². The normalized spacial score (nSPS) is 14.2. The molecule has 0 aliphatic rings. The van der Waals surface area contributed by atoms with E-state index in [9.17, 15) is 19.0 Å². The van der Waals surface area contributed by atoms with Crippen LogP contribution in [0.4, 0.5) is 0 Å². The number of hydrogen-bond donors (Lipinski definition) is 0. The number of hydrogen-bond acceptors (Lipinski definition) is 8. The maximum atomic E-state index is 12.8. The minimum absolute atomic E-state index is 0.0381. The van der Waals surface area contributed by atoms with Crippen molar-refractivity contribution < 1.29 is 42.1 Å². The van der Waals surface area contributed by atoms with Crippen molar-refractivity contribution in [3.63, 3.8) is 0 Å². The van der Waals surface area contributed by atoms with Gasteiger partial charge in [-0.1, -0.05) is 250 Å². The summed E-state index contributed by atoms with van der Waals surface area (Å²) in [6.45, 7) is 4.09. The van der Waals surface area contributed by atoms with Crippen LogP contribution in [0.2, 0.25) is 0 Å². The van der Waals surface area contributed by atoms with Gasteiger partial charge in [0.05, 0.1) is 27.7 Å². The lowest BCUT2D eigenvalue weighted by Crippen LogP contribution is -2.37. The molecule has 10 heteroatoms. The second-order valence-corrected chi connectivity index (χ2v) is 22.4. The van der Waals surface area contributed by atoms with Gasteiger partial charge in [0.15, 0.2) is 6.10 Å². The number of likely N-dealkylation sites (N-methyl/N-ethyl adjacent to an activating group) is 1. The summed E-state index contributed by atoms with van der Waals surface area (Å²) in [6.07, 6.45) is 82.3. The predicted octanol–water partition coefficient (Wildman–Crippen LogP) is 18.7. The van der Waals surface area contributed by atoms with Crippen LogP contribution in [0.25, 0.3) is 0 Å². The topological polar surface area (TPSA) is 111 Å². The summed E-state index contributed by atoms with van der Waals surface area (Å²) < 4.78 is 34.1. The number of phosphoric ester groups is 1. The molecule has 0 spiro atoms. The Morgan fingerprint density at radius 2 is 0.740 bits per heavy atom. The van der Waals surface area contributed by atoms with Gasteiger partial charge in [-0.2, -0.15) is 0 Å². The molecule has 0 aliphatic carbocycles. The first-order valence-corrected chi connectivity index (χ1v) is 31.9. The fourth-order valence-electron chi connectivity index (χ4n) is 7.78. The van der Waals surface area contributed by atoms with Crippen LogP contribution in [-0.4, -0.2) is 70.0 Å². The fraction of sp³-hybridized carbons (Fsp3) is 0.642. The summed E-state index contributed by atoms with van der Waals surface area (Å²) in [5.74, 6) is -0.852. The van der Waals surface area contributed by atoms with Crippen molar-refractivity contribution in [2.45, 2.75) is 232 Å². The number of ether oxygens (including phenoxy) is 2. The monoisotopic (exact) mass is 1090 g/mol.